The zero-order valence-electron chi connectivity index (χ0n) is 19.9. The van der Waals surface area contributed by atoms with Gasteiger partial charge in [0, 0.05) is 29.0 Å². The highest BCUT2D eigenvalue weighted by Gasteiger charge is 2.30. The minimum Gasteiger partial charge on any atom is -0.460 e. The molecule has 0 amide bonds. The van der Waals surface area contributed by atoms with Gasteiger partial charge in [0.2, 0.25) is 0 Å². The molecule has 0 unspecified atom stereocenters. The number of rotatable bonds is 8. The maximum atomic E-state index is 12.5. The monoisotopic (exact) mass is 535 g/mol. The van der Waals surface area contributed by atoms with Crippen molar-refractivity contribution in [2.75, 3.05) is 19.8 Å². The topological polar surface area (TPSA) is 107 Å². The number of ether oxygens (including phenoxy) is 3. The summed E-state index contributed by atoms with van der Waals surface area (Å²) in [5.41, 5.74) is 8.72. The number of hydrogen-bond acceptors (Lipinski definition) is 6. The molecule has 5 rings (SSSR count). The standard InChI is InChI=1S/C28H23Cl2N3O4/c1-2-35-10-11-36-28(34)16-8-5-9-18(12-16)37-25-22-17(14-20(29)24(25)30)13-19-23(27(32)33-26(19)31)21(22)15-6-3-4-7-15/h3-9,12-15H,2,10-11H2,1H3,(H3,31,32,33). The average molecular weight is 536 g/mol. The van der Waals surface area contributed by atoms with E-state index >= 15 is 0 Å². The summed E-state index contributed by atoms with van der Waals surface area (Å²) in [4.78, 5) is 16.7. The lowest BCUT2D eigenvalue weighted by molar-refractivity contribution is 0.0335. The summed E-state index contributed by atoms with van der Waals surface area (Å²) in [7, 11) is 0. The summed E-state index contributed by atoms with van der Waals surface area (Å²) in [6, 6.07) is 10.2. The fraction of sp³-hybridized carbons (Fsp3) is 0.179. The van der Waals surface area contributed by atoms with Crippen LogP contribution in [0.4, 0.5) is 0 Å². The van der Waals surface area contributed by atoms with Gasteiger partial charge in [0.15, 0.2) is 11.6 Å². The first-order valence-electron chi connectivity index (χ1n) is 11.7. The minimum absolute atomic E-state index is 0.0886. The Bertz CT molecular complexity index is 1520. The molecule has 9 heteroatoms. The van der Waals surface area contributed by atoms with E-state index in [-0.39, 0.29) is 34.2 Å². The third kappa shape index (κ3) is 4.73. The molecule has 0 fully saturated rings. The third-order valence-electron chi connectivity index (χ3n) is 6.09. The summed E-state index contributed by atoms with van der Waals surface area (Å²) in [6.07, 6.45) is 7.94. The first kappa shape index (κ1) is 25.0. The summed E-state index contributed by atoms with van der Waals surface area (Å²) in [5, 5.41) is 10.3. The molecular weight excluding hydrogens is 513 g/mol. The minimum atomic E-state index is -0.491. The van der Waals surface area contributed by atoms with Crippen LogP contribution >= 0.6 is 23.2 Å². The lowest BCUT2D eigenvalue weighted by Crippen LogP contribution is -2.15. The van der Waals surface area contributed by atoms with Gasteiger partial charge >= 0.3 is 5.97 Å². The zero-order chi connectivity index (χ0) is 26.1. The largest absolute Gasteiger partial charge is 0.460 e. The maximum absolute atomic E-state index is 12.5. The van der Waals surface area contributed by atoms with E-state index in [4.69, 9.17) is 48.6 Å². The lowest BCUT2D eigenvalue weighted by Gasteiger charge is -2.21. The number of halogens is 2. The van der Waals surface area contributed by atoms with Gasteiger partial charge in [-0.3, -0.25) is 5.41 Å². The molecule has 1 aliphatic heterocycles. The number of nitrogens with zero attached hydrogens (tertiary/aromatic N) is 1. The van der Waals surface area contributed by atoms with Crippen molar-refractivity contribution in [1.29, 1.82) is 5.41 Å². The molecule has 1 aliphatic carbocycles. The molecule has 3 N–H and O–H groups in total. The fourth-order valence-electron chi connectivity index (χ4n) is 4.49. The van der Waals surface area contributed by atoms with Gasteiger partial charge < -0.3 is 19.9 Å². The van der Waals surface area contributed by atoms with Gasteiger partial charge in [0.05, 0.1) is 17.2 Å². The first-order chi connectivity index (χ1) is 17.9. The van der Waals surface area contributed by atoms with Crippen LogP contribution in [-0.2, 0) is 9.47 Å². The number of nitrogens with two attached hydrogens (primary N) is 1. The van der Waals surface area contributed by atoms with Crippen LogP contribution in [0.3, 0.4) is 0 Å². The van der Waals surface area contributed by atoms with Gasteiger partial charge in [-0.2, -0.15) is 0 Å². The summed E-state index contributed by atoms with van der Waals surface area (Å²) in [5.74, 6) is 0.426. The van der Waals surface area contributed by atoms with E-state index in [1.807, 2.05) is 37.3 Å². The highest BCUT2D eigenvalue weighted by molar-refractivity contribution is 6.44. The molecule has 37 heavy (non-hydrogen) atoms. The first-order valence-corrected chi connectivity index (χ1v) is 12.4. The Morgan fingerprint density at radius 1 is 1.14 bits per heavy atom. The smallest absolute Gasteiger partial charge is 0.338 e. The van der Waals surface area contributed by atoms with Gasteiger partial charge in [-0.05, 0) is 48.2 Å². The summed E-state index contributed by atoms with van der Waals surface area (Å²) in [6.45, 7) is 2.89. The van der Waals surface area contributed by atoms with Crippen molar-refractivity contribution in [3.8, 4) is 11.5 Å². The number of carbonyl (C=O) groups is 1. The lowest BCUT2D eigenvalue weighted by atomic mass is 9.86. The molecule has 0 radical (unpaired) electrons. The Hall–Kier alpha value is -3.65. The van der Waals surface area contributed by atoms with Crippen molar-refractivity contribution in [3.63, 3.8) is 0 Å². The molecular formula is C28H23Cl2N3O4. The molecule has 0 saturated heterocycles. The Morgan fingerprint density at radius 2 is 1.92 bits per heavy atom. The second-order valence-electron chi connectivity index (χ2n) is 8.42. The van der Waals surface area contributed by atoms with Crippen LogP contribution in [0.2, 0.25) is 10.0 Å². The van der Waals surface area contributed by atoms with Crippen LogP contribution in [0.1, 0.15) is 39.9 Å². The second-order valence-corrected chi connectivity index (χ2v) is 9.20. The van der Waals surface area contributed by atoms with Crippen molar-refractivity contribution in [2.45, 2.75) is 12.8 Å². The molecule has 7 nitrogen and oxygen atoms in total. The number of hydrogen-bond donors (Lipinski definition) is 2. The summed E-state index contributed by atoms with van der Waals surface area (Å²) < 4.78 is 16.8. The second kappa shape index (κ2) is 10.4. The van der Waals surface area contributed by atoms with Crippen LogP contribution in [0.25, 0.3) is 10.8 Å². The Morgan fingerprint density at radius 3 is 2.68 bits per heavy atom. The van der Waals surface area contributed by atoms with Crippen LogP contribution in [-0.4, -0.2) is 37.5 Å². The Labute approximate surface area is 223 Å². The third-order valence-corrected chi connectivity index (χ3v) is 6.86. The van der Waals surface area contributed by atoms with E-state index in [2.05, 4.69) is 4.99 Å². The number of fused-ring (bicyclic) bond motifs is 2. The number of allylic oxidation sites excluding steroid dienone is 4. The average Bonchev–Trinajstić information content (AvgIpc) is 3.52. The quantitative estimate of drug-likeness (QED) is 0.257. The van der Waals surface area contributed by atoms with Gasteiger partial charge in [-0.15, -0.1) is 0 Å². The van der Waals surface area contributed by atoms with Crippen molar-refractivity contribution in [3.05, 3.63) is 93.0 Å². The van der Waals surface area contributed by atoms with E-state index in [1.165, 1.54) is 0 Å². The van der Waals surface area contributed by atoms with E-state index in [9.17, 15) is 4.79 Å². The van der Waals surface area contributed by atoms with Gasteiger partial charge in [0.25, 0.3) is 0 Å². The molecule has 0 saturated carbocycles. The molecule has 0 spiro atoms. The number of amidine groups is 2. The van der Waals surface area contributed by atoms with Crippen molar-refractivity contribution in [2.24, 2.45) is 10.7 Å². The number of aliphatic imine (C=N–C) groups is 1. The molecule has 0 bridgehead atoms. The van der Waals surface area contributed by atoms with Crippen molar-refractivity contribution >= 4 is 51.6 Å². The number of benzene rings is 3. The number of esters is 1. The van der Waals surface area contributed by atoms with Crippen molar-refractivity contribution in [1.82, 2.24) is 0 Å². The maximum Gasteiger partial charge on any atom is 0.338 e. The van der Waals surface area contributed by atoms with E-state index in [1.54, 1.807) is 30.3 Å². The van der Waals surface area contributed by atoms with Crippen LogP contribution in [0.5, 0.6) is 11.5 Å². The SMILES string of the molecule is CCOCCOC(=O)c1cccc(Oc2c(Cl)c(Cl)cc3cc4c(c(C5C=CC=C5)c23)C(N)=NC4=N)c1. The van der Waals surface area contributed by atoms with Gasteiger partial charge in [-0.25, -0.2) is 9.79 Å². The fourth-order valence-corrected chi connectivity index (χ4v) is 4.88. The molecule has 0 atom stereocenters. The predicted octanol–water partition coefficient (Wildman–Crippen LogP) is 6.39. The normalized spacial score (nSPS) is 14.4. The number of nitrogens with one attached hydrogen (secondary N) is 1. The Balaban J connectivity index is 1.62. The Kier molecular flexibility index (Phi) is 7.02. The molecule has 188 valence electrons. The molecule has 1 heterocycles. The van der Waals surface area contributed by atoms with Crippen molar-refractivity contribution < 1.29 is 19.0 Å². The van der Waals surface area contributed by atoms with E-state index < -0.39 is 5.97 Å². The predicted molar refractivity (Wildman–Crippen MR) is 146 cm³/mol. The van der Waals surface area contributed by atoms with E-state index in [0.717, 1.165) is 10.9 Å². The molecule has 0 aromatic heterocycles. The highest BCUT2D eigenvalue weighted by Crippen LogP contribution is 2.47. The molecule has 2 aliphatic rings. The zero-order valence-corrected chi connectivity index (χ0v) is 21.4. The summed E-state index contributed by atoms with van der Waals surface area (Å²) >= 11 is 13.2. The van der Waals surface area contributed by atoms with E-state index in [0.29, 0.717) is 46.8 Å². The molecule has 3 aromatic carbocycles. The van der Waals surface area contributed by atoms with Crippen LogP contribution in [0.15, 0.2) is 65.7 Å². The van der Waals surface area contributed by atoms with Gasteiger partial charge in [0.1, 0.15) is 23.2 Å². The number of carbonyl (C=O) groups excluding carboxylic acids is 1. The van der Waals surface area contributed by atoms with Crippen LogP contribution < -0.4 is 10.5 Å². The van der Waals surface area contributed by atoms with Crippen LogP contribution in [0, 0.1) is 5.41 Å². The van der Waals surface area contributed by atoms with Gasteiger partial charge in [-0.1, -0.05) is 53.6 Å². The molecule has 3 aromatic rings. The highest BCUT2D eigenvalue weighted by atomic mass is 35.5.